The first-order chi connectivity index (χ1) is 9.95. The molecule has 2 rings (SSSR count). The van der Waals surface area contributed by atoms with Crippen molar-refractivity contribution in [1.82, 2.24) is 15.2 Å². The maximum absolute atomic E-state index is 12.2. The van der Waals surface area contributed by atoms with Gasteiger partial charge < -0.3 is 15.3 Å². The van der Waals surface area contributed by atoms with Gasteiger partial charge in [-0.05, 0) is 30.0 Å². The van der Waals surface area contributed by atoms with E-state index in [-0.39, 0.29) is 18.5 Å². The van der Waals surface area contributed by atoms with E-state index in [0.29, 0.717) is 19.5 Å². The van der Waals surface area contributed by atoms with Crippen molar-refractivity contribution in [3.63, 3.8) is 0 Å². The van der Waals surface area contributed by atoms with Gasteiger partial charge in [-0.2, -0.15) is 0 Å². The van der Waals surface area contributed by atoms with Gasteiger partial charge in [0.1, 0.15) is 0 Å². The summed E-state index contributed by atoms with van der Waals surface area (Å²) in [5.74, 6) is -0.824. The molecule has 2 amide bonds. The standard InChI is InChI=1S/C15H21N3O3/c1-11(2)15(13(19)20)5-8-18(10-15)14(21)17-9-12-3-6-16-7-4-12/h3-4,6-7,11H,5,8-10H2,1-2H3,(H,17,21)(H,19,20). The highest BCUT2D eigenvalue weighted by Crippen LogP contribution is 2.38. The smallest absolute Gasteiger partial charge is 0.317 e. The van der Waals surface area contributed by atoms with Crippen molar-refractivity contribution < 1.29 is 14.7 Å². The molecule has 1 unspecified atom stereocenters. The van der Waals surface area contributed by atoms with Crippen LogP contribution in [0.2, 0.25) is 0 Å². The second kappa shape index (κ2) is 6.11. The van der Waals surface area contributed by atoms with E-state index in [9.17, 15) is 14.7 Å². The zero-order valence-electron chi connectivity index (χ0n) is 12.4. The second-order valence-corrected chi connectivity index (χ2v) is 5.80. The van der Waals surface area contributed by atoms with Crippen molar-refractivity contribution in [2.75, 3.05) is 13.1 Å². The van der Waals surface area contributed by atoms with Crippen LogP contribution in [0.15, 0.2) is 24.5 Å². The number of carbonyl (C=O) groups is 2. The molecule has 0 aromatic carbocycles. The lowest BCUT2D eigenvalue weighted by molar-refractivity contribution is -0.150. The number of aliphatic carboxylic acids is 1. The SMILES string of the molecule is CC(C)C1(C(=O)O)CCN(C(=O)NCc2ccncc2)C1. The van der Waals surface area contributed by atoms with Crippen LogP contribution in [0, 0.1) is 11.3 Å². The molecule has 6 heteroatoms. The van der Waals surface area contributed by atoms with Gasteiger partial charge in [0, 0.05) is 32.0 Å². The number of nitrogens with zero attached hydrogens (tertiary/aromatic N) is 2. The molecule has 1 saturated heterocycles. The molecule has 1 aliphatic rings. The fourth-order valence-corrected chi connectivity index (χ4v) is 2.69. The van der Waals surface area contributed by atoms with E-state index < -0.39 is 11.4 Å². The average Bonchev–Trinajstić information content (AvgIpc) is 2.92. The molecule has 0 bridgehead atoms. The molecule has 0 radical (unpaired) electrons. The number of hydrogen-bond acceptors (Lipinski definition) is 3. The third-order valence-electron chi connectivity index (χ3n) is 4.31. The Morgan fingerprint density at radius 2 is 2.10 bits per heavy atom. The number of hydrogen-bond donors (Lipinski definition) is 2. The van der Waals surface area contributed by atoms with Crippen LogP contribution in [0.1, 0.15) is 25.8 Å². The number of pyridine rings is 1. The van der Waals surface area contributed by atoms with Gasteiger partial charge in [0.15, 0.2) is 0 Å². The molecule has 1 aliphatic heterocycles. The molecule has 0 spiro atoms. The number of nitrogens with one attached hydrogen (secondary N) is 1. The molecule has 114 valence electrons. The van der Waals surface area contributed by atoms with Crippen molar-refractivity contribution in [2.45, 2.75) is 26.8 Å². The number of aromatic nitrogens is 1. The lowest BCUT2D eigenvalue weighted by atomic mass is 9.76. The molecular weight excluding hydrogens is 270 g/mol. The molecule has 0 saturated carbocycles. The van der Waals surface area contributed by atoms with Crippen LogP contribution in [0.3, 0.4) is 0 Å². The van der Waals surface area contributed by atoms with Crippen molar-refractivity contribution in [2.24, 2.45) is 11.3 Å². The summed E-state index contributed by atoms with van der Waals surface area (Å²) in [5.41, 5.74) is 0.138. The van der Waals surface area contributed by atoms with Crippen molar-refractivity contribution in [1.29, 1.82) is 0 Å². The second-order valence-electron chi connectivity index (χ2n) is 5.80. The Morgan fingerprint density at radius 3 is 2.62 bits per heavy atom. The fourth-order valence-electron chi connectivity index (χ4n) is 2.69. The van der Waals surface area contributed by atoms with Crippen LogP contribution in [0.5, 0.6) is 0 Å². The summed E-state index contributed by atoms with van der Waals surface area (Å²) in [5, 5.41) is 12.3. The summed E-state index contributed by atoms with van der Waals surface area (Å²) in [6.45, 7) is 4.95. The van der Waals surface area contributed by atoms with Crippen molar-refractivity contribution in [3.05, 3.63) is 30.1 Å². The number of carboxylic acid groups (broad SMARTS) is 1. The number of carbonyl (C=O) groups excluding carboxylic acids is 1. The van der Waals surface area contributed by atoms with Gasteiger partial charge >= 0.3 is 12.0 Å². The summed E-state index contributed by atoms with van der Waals surface area (Å²) in [4.78, 5) is 29.2. The minimum Gasteiger partial charge on any atom is -0.481 e. The highest BCUT2D eigenvalue weighted by Gasteiger charge is 2.48. The van der Waals surface area contributed by atoms with E-state index in [2.05, 4.69) is 10.3 Å². The molecule has 1 aromatic heterocycles. The molecule has 21 heavy (non-hydrogen) atoms. The van der Waals surface area contributed by atoms with Gasteiger partial charge in [-0.1, -0.05) is 13.8 Å². The van der Waals surface area contributed by atoms with Crippen LogP contribution in [-0.2, 0) is 11.3 Å². The molecule has 1 aromatic rings. The van der Waals surface area contributed by atoms with E-state index in [4.69, 9.17) is 0 Å². The summed E-state index contributed by atoms with van der Waals surface area (Å²) in [7, 11) is 0. The first-order valence-corrected chi connectivity index (χ1v) is 7.11. The van der Waals surface area contributed by atoms with Gasteiger partial charge in [-0.3, -0.25) is 9.78 Å². The quantitative estimate of drug-likeness (QED) is 0.885. The minimum atomic E-state index is -0.825. The molecule has 1 atom stereocenters. The monoisotopic (exact) mass is 291 g/mol. The van der Waals surface area contributed by atoms with Crippen LogP contribution < -0.4 is 5.32 Å². The molecule has 2 N–H and O–H groups in total. The van der Waals surface area contributed by atoms with Gasteiger partial charge in [0.2, 0.25) is 0 Å². The highest BCUT2D eigenvalue weighted by molar-refractivity contribution is 5.80. The molecular formula is C15H21N3O3. The zero-order valence-corrected chi connectivity index (χ0v) is 12.4. The Balaban J connectivity index is 1.94. The Kier molecular flexibility index (Phi) is 4.45. The maximum Gasteiger partial charge on any atom is 0.317 e. The largest absolute Gasteiger partial charge is 0.481 e. The predicted molar refractivity (Wildman–Crippen MR) is 77.6 cm³/mol. The number of amides is 2. The summed E-state index contributed by atoms with van der Waals surface area (Å²) >= 11 is 0. The van der Waals surface area contributed by atoms with Crippen molar-refractivity contribution >= 4 is 12.0 Å². The van der Waals surface area contributed by atoms with Crippen LogP contribution in [0.25, 0.3) is 0 Å². The molecule has 2 heterocycles. The van der Waals surface area contributed by atoms with E-state index in [1.807, 2.05) is 26.0 Å². The van der Waals surface area contributed by atoms with Gasteiger partial charge in [-0.15, -0.1) is 0 Å². The summed E-state index contributed by atoms with van der Waals surface area (Å²) < 4.78 is 0. The predicted octanol–water partition coefficient (Wildman–Crippen LogP) is 1.72. The zero-order chi connectivity index (χ0) is 15.5. The molecule has 6 nitrogen and oxygen atoms in total. The van der Waals surface area contributed by atoms with Crippen LogP contribution in [-0.4, -0.2) is 40.1 Å². The van der Waals surface area contributed by atoms with Gasteiger partial charge in [0.25, 0.3) is 0 Å². The fraction of sp³-hybridized carbons (Fsp3) is 0.533. The summed E-state index contributed by atoms with van der Waals surface area (Å²) in [6.07, 6.45) is 3.85. The first kappa shape index (κ1) is 15.3. The molecule has 1 fully saturated rings. The Labute approximate surface area is 124 Å². The Bertz CT molecular complexity index is 518. The normalized spacial score (nSPS) is 21.6. The highest BCUT2D eigenvalue weighted by atomic mass is 16.4. The Morgan fingerprint density at radius 1 is 1.43 bits per heavy atom. The van der Waals surface area contributed by atoms with Crippen LogP contribution >= 0.6 is 0 Å². The lowest BCUT2D eigenvalue weighted by Gasteiger charge is -2.28. The summed E-state index contributed by atoms with van der Waals surface area (Å²) in [6, 6.07) is 3.45. The van der Waals surface area contributed by atoms with E-state index in [1.54, 1.807) is 17.3 Å². The van der Waals surface area contributed by atoms with Gasteiger partial charge in [0.05, 0.1) is 5.41 Å². The maximum atomic E-state index is 12.2. The third-order valence-corrected chi connectivity index (χ3v) is 4.31. The lowest BCUT2D eigenvalue weighted by Crippen LogP contribution is -2.43. The van der Waals surface area contributed by atoms with Gasteiger partial charge in [-0.25, -0.2) is 4.79 Å². The van der Waals surface area contributed by atoms with E-state index >= 15 is 0 Å². The average molecular weight is 291 g/mol. The number of urea groups is 1. The molecule has 0 aliphatic carbocycles. The minimum absolute atomic E-state index is 0.00648. The topological polar surface area (TPSA) is 82.5 Å². The number of likely N-dealkylation sites (tertiary alicyclic amines) is 1. The van der Waals surface area contributed by atoms with Crippen molar-refractivity contribution in [3.8, 4) is 0 Å². The van der Waals surface area contributed by atoms with Crippen LogP contribution in [0.4, 0.5) is 4.79 Å². The van der Waals surface area contributed by atoms with E-state index in [0.717, 1.165) is 5.56 Å². The number of carboxylic acids is 1. The number of rotatable bonds is 4. The first-order valence-electron chi connectivity index (χ1n) is 7.11. The van der Waals surface area contributed by atoms with E-state index in [1.165, 1.54) is 0 Å². The Hall–Kier alpha value is -2.11. The third kappa shape index (κ3) is 3.15.